The minimum absolute atomic E-state index is 0.365. The van der Waals surface area contributed by atoms with Crippen LogP contribution in [0.3, 0.4) is 0 Å². The van der Waals surface area contributed by atoms with Gasteiger partial charge in [0.25, 0.3) is 0 Å². The fraction of sp³-hybridized carbons (Fsp3) is 0.857. The Morgan fingerprint density at radius 1 is 0.576 bits per heavy atom. The number of hydrogen-bond donors (Lipinski definition) is 6. The second-order valence-corrected chi connectivity index (χ2v) is 43.2. The third kappa shape index (κ3) is 18.8. The number of carboxylic acid groups (broad SMARTS) is 3. The van der Waals surface area contributed by atoms with E-state index in [2.05, 4.69) is 27.8 Å². The first-order chi connectivity index (χ1) is 14.5. The van der Waals surface area contributed by atoms with E-state index in [0.29, 0.717) is 0 Å². The molecular formula is C21H47Bi3O9. The summed E-state index contributed by atoms with van der Waals surface area (Å²) in [6.07, 6.45) is -0.954. The molecule has 0 saturated carbocycles. The van der Waals surface area contributed by atoms with E-state index in [0.717, 1.165) is 0 Å². The molecule has 33 heavy (non-hydrogen) atoms. The maximum absolute atomic E-state index is 10.5. The zero-order valence-corrected chi connectivity index (χ0v) is 32.7. The van der Waals surface area contributed by atoms with Gasteiger partial charge >= 0.3 is 192 Å². The summed E-state index contributed by atoms with van der Waals surface area (Å²) in [5.74, 6) is -1.90. The summed E-state index contributed by atoms with van der Waals surface area (Å²) in [6.45, 7) is 10.2. The molecule has 0 aromatic rings. The van der Waals surface area contributed by atoms with Gasteiger partial charge in [0.1, 0.15) is 6.10 Å². The summed E-state index contributed by atoms with van der Waals surface area (Å²) in [4.78, 5) is 31.5. The van der Waals surface area contributed by atoms with Gasteiger partial charge in [-0.05, 0) is 0 Å². The number of carbonyl (C=O) groups is 3. The van der Waals surface area contributed by atoms with Gasteiger partial charge in [0.05, 0.1) is 13.2 Å². The van der Waals surface area contributed by atoms with Gasteiger partial charge < -0.3 is 15.3 Å². The fourth-order valence-corrected chi connectivity index (χ4v) is 5.09. The first-order valence-corrected chi connectivity index (χ1v) is 36.2. The Labute approximate surface area is 224 Å². The first-order valence-electron chi connectivity index (χ1n) is 10.1. The number of aliphatic hydroxyl groups is 3. The molecule has 0 aromatic heterocycles. The third-order valence-electron chi connectivity index (χ3n) is 5.35. The van der Waals surface area contributed by atoms with Crippen LogP contribution in [-0.4, -0.2) is 133 Å². The number of aliphatic hydroxyl groups excluding tert-OH is 3. The quantitative estimate of drug-likeness (QED) is 0.200. The summed E-state index contributed by atoms with van der Waals surface area (Å²) in [5, 5.41) is 50.0. The van der Waals surface area contributed by atoms with Crippen LogP contribution in [0, 0.1) is 0 Å². The Morgan fingerprint density at radius 2 is 0.727 bits per heavy atom. The molecule has 0 aromatic carbocycles. The molecule has 0 aliphatic carbocycles. The molecule has 0 radical (unpaired) electrons. The zero-order chi connectivity index (χ0) is 28.0. The molecule has 0 spiro atoms. The van der Waals surface area contributed by atoms with E-state index in [1.54, 1.807) is 0 Å². The molecule has 0 atom stereocenters. The van der Waals surface area contributed by atoms with E-state index in [4.69, 9.17) is 30.6 Å². The van der Waals surface area contributed by atoms with Crippen molar-refractivity contribution in [1.82, 2.24) is 0 Å². The zero-order valence-electron chi connectivity index (χ0n) is 22.2. The number of hydrogen-bond acceptors (Lipinski definition) is 6. The monoisotopic (exact) mass is 1070 g/mol. The molecule has 0 heterocycles. The van der Waals surface area contributed by atoms with Crippen LogP contribution < -0.4 is 0 Å². The maximum atomic E-state index is 10.5. The van der Waals surface area contributed by atoms with E-state index in [1.807, 2.05) is 41.5 Å². The normalized spacial score (nSPS) is 11.7. The van der Waals surface area contributed by atoms with Crippen LogP contribution in [0.2, 0.25) is 37.2 Å². The van der Waals surface area contributed by atoms with Crippen LogP contribution in [-0.2, 0) is 14.4 Å². The van der Waals surface area contributed by atoms with Gasteiger partial charge in [-0.3, -0.25) is 0 Å². The van der Waals surface area contributed by atoms with Crippen molar-refractivity contribution in [3.63, 3.8) is 0 Å². The summed E-state index contributed by atoms with van der Waals surface area (Å²) < 4.78 is 11.5. The Balaban J connectivity index is -0.000000172. The molecule has 0 aliphatic rings. The van der Waals surface area contributed by atoms with Crippen molar-refractivity contribution in [3.05, 3.63) is 0 Å². The second-order valence-electron chi connectivity index (χ2n) is 9.29. The second kappa shape index (κ2) is 19.1. The van der Waals surface area contributed by atoms with Crippen LogP contribution in [0.4, 0.5) is 0 Å². The Kier molecular flexibility index (Phi) is 23.8. The summed E-state index contributed by atoms with van der Waals surface area (Å²) in [7, 11) is 0. The average molecular weight is 1070 g/mol. The van der Waals surface area contributed by atoms with Gasteiger partial charge in [0.15, 0.2) is 0 Å². The molecule has 9 nitrogen and oxygen atoms in total. The molecular weight excluding hydrogens is 1020 g/mol. The Hall–Kier alpha value is 0.939. The fourth-order valence-electron chi connectivity index (χ4n) is 0.632. The number of aliphatic carboxylic acids is 3. The topological polar surface area (TPSA) is 173 Å². The molecule has 0 saturated heterocycles. The van der Waals surface area contributed by atoms with E-state index in [9.17, 15) is 14.4 Å². The molecule has 12 heteroatoms. The summed E-state index contributed by atoms with van der Waals surface area (Å²) in [6, 6.07) is 0. The summed E-state index contributed by atoms with van der Waals surface area (Å²) in [5.41, 5.74) is 0. The predicted octanol–water partition coefficient (Wildman–Crippen LogP) is 3.15. The molecule has 0 amide bonds. The van der Waals surface area contributed by atoms with Gasteiger partial charge in [-0.1, -0.05) is 0 Å². The van der Waals surface area contributed by atoms with Gasteiger partial charge in [-0.25, -0.2) is 0 Å². The van der Waals surface area contributed by atoms with Gasteiger partial charge in [-0.2, -0.15) is 0 Å². The minimum atomic E-state index is -1.61. The molecule has 6 N–H and O–H groups in total. The summed E-state index contributed by atoms with van der Waals surface area (Å²) >= 11 is -4.83. The molecule has 0 bridgehead atoms. The van der Waals surface area contributed by atoms with Crippen LogP contribution in [0.25, 0.3) is 0 Å². The Morgan fingerprint density at radius 3 is 0.727 bits per heavy atom. The van der Waals surface area contributed by atoms with Crippen molar-refractivity contribution in [1.29, 1.82) is 0 Å². The van der Waals surface area contributed by atoms with Crippen molar-refractivity contribution in [2.24, 2.45) is 0 Å². The van der Waals surface area contributed by atoms with Gasteiger partial charge in [-0.15, -0.1) is 0 Å². The molecule has 0 unspecified atom stereocenters. The van der Waals surface area contributed by atoms with E-state index in [1.165, 1.54) is 0 Å². The standard InChI is InChI=1S/3C4H7O2.C3H8O3.6CH3.3Bi/c3*1-3(2)4(5)6;4-1-3(6)2-5;;;;;;;;;/h3*1-2H3,(H,5,6);3-6H,1-2H2;6*1H3;;;. The predicted molar refractivity (Wildman–Crippen MR) is 138 cm³/mol. The van der Waals surface area contributed by atoms with Gasteiger partial charge in [0, 0.05) is 0 Å². The third-order valence-corrected chi connectivity index (χ3v) is 33.7. The molecule has 0 aliphatic heterocycles. The first kappa shape index (κ1) is 41.1. The number of carboxylic acids is 3. The van der Waals surface area contributed by atoms with Crippen molar-refractivity contribution in [3.8, 4) is 0 Å². The SMILES string of the molecule is OCC(O)CO.[CH3][Bi]([CH3])[C](C)(C)C(=O)O.[CH3][Bi]([CH3])[C](C)(C)C(=O)O.[CH3][Bi]([CH3])[C](C)(C)C(=O)O. The van der Waals surface area contributed by atoms with E-state index >= 15 is 0 Å². The van der Waals surface area contributed by atoms with Crippen LogP contribution in [0.15, 0.2) is 0 Å². The van der Waals surface area contributed by atoms with Gasteiger partial charge in [0.2, 0.25) is 0 Å². The van der Waals surface area contributed by atoms with Crippen LogP contribution in [0.5, 0.6) is 0 Å². The van der Waals surface area contributed by atoms with Crippen molar-refractivity contribution >= 4 is 83.2 Å². The van der Waals surface area contributed by atoms with Crippen molar-refractivity contribution in [2.45, 2.75) is 84.8 Å². The molecule has 0 rings (SSSR count). The Bertz CT molecular complexity index is 500. The van der Waals surface area contributed by atoms with Crippen molar-refractivity contribution < 1.29 is 45.0 Å². The van der Waals surface area contributed by atoms with E-state index < -0.39 is 89.3 Å². The van der Waals surface area contributed by atoms with E-state index in [-0.39, 0.29) is 22.6 Å². The molecule has 0 fully saturated rings. The molecule has 200 valence electrons. The van der Waals surface area contributed by atoms with Crippen LogP contribution in [0.1, 0.15) is 41.5 Å². The average Bonchev–Trinajstić information content (AvgIpc) is 2.67. The van der Waals surface area contributed by atoms with Crippen molar-refractivity contribution in [2.75, 3.05) is 13.2 Å². The number of rotatable bonds is 8. The van der Waals surface area contributed by atoms with Crippen LogP contribution >= 0.6 is 0 Å².